The highest BCUT2D eigenvalue weighted by Crippen LogP contribution is 2.16. The molecular formula is C15H14N4O3. The van der Waals surface area contributed by atoms with Crippen molar-refractivity contribution in [2.75, 3.05) is 5.32 Å². The summed E-state index contributed by atoms with van der Waals surface area (Å²) in [7, 11) is 0. The predicted molar refractivity (Wildman–Crippen MR) is 78.6 cm³/mol. The normalized spacial score (nSPS) is 10.4. The molecule has 0 aliphatic carbocycles. The summed E-state index contributed by atoms with van der Waals surface area (Å²) in [5.74, 6) is 1.68. The molecule has 0 spiro atoms. The molecule has 3 heterocycles. The number of carbonyl (C=O) groups excluding carboxylic acids is 1. The first-order valence-corrected chi connectivity index (χ1v) is 6.68. The standard InChI is InChI=1S/C15H14N4O3/c1-10-7-14(19-22-10)18-11-4-5-16-13(8-11)15(20)17-9-12-3-2-6-21-12/h2-8H,9H2,1H3,(H,17,20)(H,16,18,19). The van der Waals surface area contributed by atoms with Gasteiger partial charge in [-0.2, -0.15) is 0 Å². The van der Waals surface area contributed by atoms with E-state index in [-0.39, 0.29) is 5.91 Å². The van der Waals surface area contributed by atoms with E-state index in [2.05, 4.69) is 20.8 Å². The number of nitrogens with zero attached hydrogens (tertiary/aromatic N) is 2. The Morgan fingerprint density at radius 1 is 1.32 bits per heavy atom. The molecule has 0 aliphatic rings. The molecule has 3 aromatic rings. The average molecular weight is 298 g/mol. The zero-order chi connectivity index (χ0) is 15.4. The van der Waals surface area contributed by atoms with Gasteiger partial charge in [0.25, 0.3) is 5.91 Å². The first-order chi connectivity index (χ1) is 10.7. The van der Waals surface area contributed by atoms with Gasteiger partial charge in [0.15, 0.2) is 5.82 Å². The van der Waals surface area contributed by atoms with Crippen molar-refractivity contribution >= 4 is 17.4 Å². The molecule has 0 aliphatic heterocycles. The molecule has 0 unspecified atom stereocenters. The number of aromatic nitrogens is 2. The number of pyridine rings is 1. The van der Waals surface area contributed by atoms with E-state index in [9.17, 15) is 4.79 Å². The third-order valence-electron chi connectivity index (χ3n) is 2.90. The molecule has 0 saturated heterocycles. The summed E-state index contributed by atoms with van der Waals surface area (Å²) in [6.45, 7) is 2.12. The van der Waals surface area contributed by atoms with E-state index in [0.29, 0.717) is 35.3 Å². The van der Waals surface area contributed by atoms with Crippen LogP contribution in [0, 0.1) is 6.92 Å². The van der Waals surface area contributed by atoms with E-state index >= 15 is 0 Å². The molecule has 0 fully saturated rings. The molecule has 0 radical (unpaired) electrons. The van der Waals surface area contributed by atoms with Crippen molar-refractivity contribution in [2.24, 2.45) is 0 Å². The Hall–Kier alpha value is -3.09. The molecule has 1 amide bonds. The number of nitrogens with one attached hydrogen (secondary N) is 2. The van der Waals surface area contributed by atoms with E-state index in [1.54, 1.807) is 49.7 Å². The van der Waals surface area contributed by atoms with E-state index in [1.165, 1.54) is 0 Å². The summed E-state index contributed by atoms with van der Waals surface area (Å²) >= 11 is 0. The second-order valence-corrected chi connectivity index (χ2v) is 4.64. The van der Waals surface area contributed by atoms with Gasteiger partial charge in [0, 0.05) is 18.0 Å². The smallest absolute Gasteiger partial charge is 0.270 e. The SMILES string of the molecule is Cc1cc(Nc2ccnc(C(=O)NCc3ccco3)c2)no1. The van der Waals surface area contributed by atoms with Crippen LogP contribution in [0.4, 0.5) is 11.5 Å². The first kappa shape index (κ1) is 13.9. The number of aryl methyl sites for hydroxylation is 1. The molecule has 3 aromatic heterocycles. The average Bonchev–Trinajstić information content (AvgIpc) is 3.17. The maximum Gasteiger partial charge on any atom is 0.270 e. The van der Waals surface area contributed by atoms with Crippen LogP contribution in [0.1, 0.15) is 22.0 Å². The van der Waals surface area contributed by atoms with Gasteiger partial charge in [-0.15, -0.1) is 0 Å². The summed E-state index contributed by atoms with van der Waals surface area (Å²) in [5, 5.41) is 9.62. The van der Waals surface area contributed by atoms with Crippen LogP contribution in [-0.2, 0) is 6.54 Å². The van der Waals surface area contributed by atoms with Crippen LogP contribution in [-0.4, -0.2) is 16.0 Å². The summed E-state index contributed by atoms with van der Waals surface area (Å²) in [4.78, 5) is 16.1. The van der Waals surface area contributed by atoms with Gasteiger partial charge in [-0.3, -0.25) is 9.78 Å². The fourth-order valence-electron chi connectivity index (χ4n) is 1.88. The molecule has 7 heteroatoms. The lowest BCUT2D eigenvalue weighted by Gasteiger charge is -2.05. The van der Waals surface area contributed by atoms with Gasteiger partial charge in [0.2, 0.25) is 0 Å². The van der Waals surface area contributed by atoms with Gasteiger partial charge in [-0.25, -0.2) is 0 Å². The lowest BCUT2D eigenvalue weighted by atomic mass is 10.3. The van der Waals surface area contributed by atoms with Crippen LogP contribution >= 0.6 is 0 Å². The molecule has 0 atom stereocenters. The van der Waals surface area contributed by atoms with Gasteiger partial charge in [-0.1, -0.05) is 5.16 Å². The van der Waals surface area contributed by atoms with Crippen LogP contribution in [0.15, 0.2) is 51.7 Å². The number of hydrogen-bond acceptors (Lipinski definition) is 6. The van der Waals surface area contributed by atoms with Crippen molar-refractivity contribution < 1.29 is 13.7 Å². The third kappa shape index (κ3) is 3.32. The van der Waals surface area contributed by atoms with Crippen molar-refractivity contribution in [1.29, 1.82) is 0 Å². The fraction of sp³-hybridized carbons (Fsp3) is 0.133. The molecule has 2 N–H and O–H groups in total. The summed E-state index contributed by atoms with van der Waals surface area (Å²) in [6.07, 6.45) is 3.11. The van der Waals surface area contributed by atoms with Crippen molar-refractivity contribution in [1.82, 2.24) is 15.5 Å². The van der Waals surface area contributed by atoms with Crippen LogP contribution < -0.4 is 10.6 Å². The highest BCUT2D eigenvalue weighted by atomic mass is 16.5. The number of rotatable bonds is 5. The second-order valence-electron chi connectivity index (χ2n) is 4.64. The van der Waals surface area contributed by atoms with Crippen LogP contribution in [0.25, 0.3) is 0 Å². The number of amides is 1. The Labute approximate surface area is 126 Å². The third-order valence-corrected chi connectivity index (χ3v) is 2.90. The van der Waals surface area contributed by atoms with E-state index < -0.39 is 0 Å². The van der Waals surface area contributed by atoms with Gasteiger partial charge in [-0.05, 0) is 31.2 Å². The summed E-state index contributed by atoms with van der Waals surface area (Å²) in [5.41, 5.74) is 1.00. The first-order valence-electron chi connectivity index (χ1n) is 6.68. The Morgan fingerprint density at radius 3 is 2.95 bits per heavy atom. The van der Waals surface area contributed by atoms with E-state index in [0.717, 1.165) is 0 Å². The Kier molecular flexibility index (Phi) is 3.86. The van der Waals surface area contributed by atoms with Crippen molar-refractivity contribution in [3.63, 3.8) is 0 Å². The lowest BCUT2D eigenvalue weighted by Crippen LogP contribution is -2.23. The monoisotopic (exact) mass is 298 g/mol. The molecular weight excluding hydrogens is 284 g/mol. The lowest BCUT2D eigenvalue weighted by molar-refractivity contribution is 0.0943. The minimum Gasteiger partial charge on any atom is -0.467 e. The molecule has 112 valence electrons. The van der Waals surface area contributed by atoms with Gasteiger partial charge in [0.1, 0.15) is 17.2 Å². The Balaban J connectivity index is 1.66. The van der Waals surface area contributed by atoms with E-state index in [1.807, 2.05) is 0 Å². The topological polar surface area (TPSA) is 93.2 Å². The zero-order valence-electron chi connectivity index (χ0n) is 11.9. The maximum atomic E-state index is 12.1. The van der Waals surface area contributed by atoms with Crippen molar-refractivity contribution in [3.05, 3.63) is 60.0 Å². The van der Waals surface area contributed by atoms with Crippen molar-refractivity contribution in [3.8, 4) is 0 Å². The highest BCUT2D eigenvalue weighted by molar-refractivity contribution is 5.93. The Bertz CT molecular complexity index is 765. The van der Waals surface area contributed by atoms with Gasteiger partial charge >= 0.3 is 0 Å². The molecule has 22 heavy (non-hydrogen) atoms. The minimum absolute atomic E-state index is 0.281. The zero-order valence-corrected chi connectivity index (χ0v) is 11.9. The van der Waals surface area contributed by atoms with E-state index in [4.69, 9.17) is 8.94 Å². The van der Waals surface area contributed by atoms with Crippen molar-refractivity contribution in [2.45, 2.75) is 13.5 Å². The molecule has 0 saturated carbocycles. The number of hydrogen-bond donors (Lipinski definition) is 2. The quantitative estimate of drug-likeness (QED) is 0.752. The fourth-order valence-corrected chi connectivity index (χ4v) is 1.88. The number of furan rings is 1. The number of carbonyl (C=O) groups is 1. The minimum atomic E-state index is -0.281. The molecule has 0 aromatic carbocycles. The maximum absolute atomic E-state index is 12.1. The molecule has 0 bridgehead atoms. The molecule has 3 rings (SSSR count). The van der Waals surface area contributed by atoms with Crippen LogP contribution in [0.5, 0.6) is 0 Å². The predicted octanol–water partition coefficient (Wildman–Crippen LogP) is 2.64. The van der Waals surface area contributed by atoms with Gasteiger partial charge < -0.3 is 19.6 Å². The highest BCUT2D eigenvalue weighted by Gasteiger charge is 2.09. The number of anilines is 2. The molecule has 7 nitrogen and oxygen atoms in total. The van der Waals surface area contributed by atoms with Crippen LogP contribution in [0.2, 0.25) is 0 Å². The summed E-state index contributed by atoms with van der Waals surface area (Å²) in [6, 6.07) is 8.70. The second kappa shape index (κ2) is 6.13. The summed E-state index contributed by atoms with van der Waals surface area (Å²) < 4.78 is 10.1. The largest absolute Gasteiger partial charge is 0.467 e. The van der Waals surface area contributed by atoms with Crippen LogP contribution in [0.3, 0.4) is 0 Å². The Morgan fingerprint density at radius 2 is 2.23 bits per heavy atom. The van der Waals surface area contributed by atoms with Gasteiger partial charge in [0.05, 0.1) is 12.8 Å².